The highest BCUT2D eigenvalue weighted by atomic mass is 16.6. The van der Waals surface area contributed by atoms with Crippen LogP contribution in [0.15, 0.2) is 84.9 Å². The van der Waals surface area contributed by atoms with Crippen molar-refractivity contribution in [1.29, 1.82) is 0 Å². The Balaban J connectivity index is 1.63. The van der Waals surface area contributed by atoms with Crippen molar-refractivity contribution >= 4 is 12.0 Å². The Morgan fingerprint density at radius 3 is 2.11 bits per heavy atom. The van der Waals surface area contributed by atoms with Gasteiger partial charge in [0.2, 0.25) is 6.10 Å². The maximum absolute atomic E-state index is 13.7. The molecular weight excluding hydrogens is 448 g/mol. The first-order chi connectivity index (χ1) is 16.9. The van der Waals surface area contributed by atoms with Crippen LogP contribution in [0.25, 0.3) is 0 Å². The summed E-state index contributed by atoms with van der Waals surface area (Å²) in [6, 6.07) is 24.3. The lowest BCUT2D eigenvalue weighted by Crippen LogP contribution is -2.61. The number of amides is 2. The molecule has 2 amide bonds. The minimum Gasteiger partial charge on any atom is -0.497 e. The summed E-state index contributed by atoms with van der Waals surface area (Å²) < 4.78 is 16.8. The number of hydrogen-bond donors (Lipinski definition) is 1. The molecule has 1 saturated heterocycles. The molecule has 1 fully saturated rings. The molecule has 8 heteroatoms. The van der Waals surface area contributed by atoms with Crippen LogP contribution in [-0.2, 0) is 9.53 Å². The first-order valence-corrected chi connectivity index (χ1v) is 11.3. The number of hydrazine groups is 1. The average Bonchev–Trinajstić information content (AvgIpc) is 2.90. The Morgan fingerprint density at radius 1 is 0.943 bits per heavy atom. The molecule has 8 nitrogen and oxygen atoms in total. The molecule has 0 aromatic heterocycles. The number of ether oxygens (including phenoxy) is 3. The fourth-order valence-electron chi connectivity index (χ4n) is 3.99. The Hall–Kier alpha value is -3.88. The second kappa shape index (κ2) is 10.6. The van der Waals surface area contributed by atoms with Gasteiger partial charge in [-0.2, -0.15) is 5.01 Å². The third kappa shape index (κ3) is 5.13. The van der Waals surface area contributed by atoms with E-state index in [1.54, 1.807) is 68.8 Å². The van der Waals surface area contributed by atoms with Crippen molar-refractivity contribution in [3.63, 3.8) is 0 Å². The van der Waals surface area contributed by atoms with Crippen LogP contribution in [0.5, 0.6) is 11.5 Å². The molecule has 4 atom stereocenters. The summed E-state index contributed by atoms with van der Waals surface area (Å²) in [5, 5.41) is 13.6. The van der Waals surface area contributed by atoms with Crippen molar-refractivity contribution in [3.8, 4) is 11.5 Å². The number of benzene rings is 3. The van der Waals surface area contributed by atoms with E-state index in [9.17, 15) is 14.7 Å². The Bertz CT molecular complexity index is 1140. The van der Waals surface area contributed by atoms with Crippen molar-refractivity contribution in [2.45, 2.75) is 31.3 Å². The molecule has 0 aliphatic carbocycles. The summed E-state index contributed by atoms with van der Waals surface area (Å²) in [7, 11) is 3.18. The third-order valence-corrected chi connectivity index (χ3v) is 6.07. The topological polar surface area (TPSA) is 88.5 Å². The number of aliphatic hydroxyl groups is 1. The maximum atomic E-state index is 13.7. The maximum Gasteiger partial charge on any atom is 0.432 e. The SMILES string of the molecule is COc1ccc(O[C@H](C(=O)N2C(=O)O[C@H](c3ccccc3)[C@H](C)N2C)[C@H](O)c2ccccc2)cc1. The van der Waals surface area contributed by atoms with E-state index in [-0.39, 0.29) is 6.04 Å². The van der Waals surface area contributed by atoms with E-state index in [0.29, 0.717) is 17.1 Å². The molecule has 3 aromatic carbocycles. The highest BCUT2D eigenvalue weighted by Crippen LogP contribution is 2.33. The molecule has 1 aliphatic rings. The molecule has 1 N–H and O–H groups in total. The molecule has 35 heavy (non-hydrogen) atoms. The van der Waals surface area contributed by atoms with Gasteiger partial charge in [0.1, 0.15) is 23.7 Å². The Morgan fingerprint density at radius 2 is 1.51 bits per heavy atom. The molecule has 1 aliphatic heterocycles. The van der Waals surface area contributed by atoms with Gasteiger partial charge < -0.3 is 19.3 Å². The van der Waals surface area contributed by atoms with Gasteiger partial charge in [-0.25, -0.2) is 9.80 Å². The summed E-state index contributed by atoms with van der Waals surface area (Å²) in [6.45, 7) is 1.86. The number of imide groups is 1. The lowest BCUT2D eigenvalue weighted by Gasteiger charge is -2.43. The van der Waals surface area contributed by atoms with Gasteiger partial charge in [0, 0.05) is 7.05 Å². The number of cyclic esters (lactones) is 1. The summed E-state index contributed by atoms with van der Waals surface area (Å²) in [5.41, 5.74) is 1.30. The molecule has 3 aromatic rings. The summed E-state index contributed by atoms with van der Waals surface area (Å²) in [5.74, 6) is 0.203. The predicted molar refractivity (Wildman–Crippen MR) is 129 cm³/mol. The highest BCUT2D eigenvalue weighted by Gasteiger charge is 2.46. The van der Waals surface area contributed by atoms with Crippen LogP contribution >= 0.6 is 0 Å². The second-order valence-electron chi connectivity index (χ2n) is 8.25. The fraction of sp³-hybridized carbons (Fsp3) is 0.259. The van der Waals surface area contributed by atoms with Crippen LogP contribution in [0.1, 0.15) is 30.3 Å². The van der Waals surface area contributed by atoms with Gasteiger partial charge in [-0.3, -0.25) is 4.79 Å². The number of methoxy groups -OCH3 is 1. The third-order valence-electron chi connectivity index (χ3n) is 6.07. The van der Waals surface area contributed by atoms with E-state index in [1.165, 1.54) is 5.01 Å². The molecule has 0 saturated carbocycles. The van der Waals surface area contributed by atoms with Crippen molar-refractivity contribution in [2.24, 2.45) is 0 Å². The highest BCUT2D eigenvalue weighted by molar-refractivity contribution is 5.95. The van der Waals surface area contributed by atoms with Crippen LogP contribution in [0.3, 0.4) is 0 Å². The molecule has 0 bridgehead atoms. The Kier molecular flexibility index (Phi) is 7.33. The zero-order chi connectivity index (χ0) is 24.9. The predicted octanol–water partition coefficient (Wildman–Crippen LogP) is 4.13. The quantitative estimate of drug-likeness (QED) is 0.548. The standard InChI is InChI=1S/C27H28N2O6/c1-18-24(20-12-8-5-9-13-20)35-27(32)29(28(18)2)26(31)25(23(30)19-10-6-4-7-11-19)34-22-16-14-21(33-3)15-17-22/h4-18,23-25,30H,1-3H3/t18-,23+,24-,25-/m0/s1. The van der Waals surface area contributed by atoms with E-state index >= 15 is 0 Å². The zero-order valence-corrected chi connectivity index (χ0v) is 19.8. The van der Waals surface area contributed by atoms with Crippen LogP contribution in [-0.4, -0.2) is 53.4 Å². The number of hydrogen-bond acceptors (Lipinski definition) is 7. The van der Waals surface area contributed by atoms with Gasteiger partial charge in [-0.05, 0) is 42.3 Å². The normalized spacial score (nSPS) is 20.0. The number of nitrogens with zero attached hydrogens (tertiary/aromatic N) is 2. The summed E-state index contributed by atoms with van der Waals surface area (Å²) in [6.07, 6.45) is -4.15. The monoisotopic (exact) mass is 476 g/mol. The van der Waals surface area contributed by atoms with Crippen molar-refractivity contribution in [1.82, 2.24) is 10.0 Å². The van der Waals surface area contributed by atoms with Crippen molar-refractivity contribution in [2.75, 3.05) is 14.2 Å². The van der Waals surface area contributed by atoms with Gasteiger partial charge in [0.15, 0.2) is 0 Å². The van der Waals surface area contributed by atoms with Crippen molar-refractivity contribution < 1.29 is 28.9 Å². The van der Waals surface area contributed by atoms with Gasteiger partial charge in [0.05, 0.1) is 13.2 Å². The van der Waals surface area contributed by atoms with E-state index in [4.69, 9.17) is 14.2 Å². The largest absolute Gasteiger partial charge is 0.497 e. The molecule has 1 heterocycles. The average molecular weight is 477 g/mol. The molecule has 182 valence electrons. The first kappa shape index (κ1) is 24.3. The molecule has 4 rings (SSSR count). The molecule has 0 radical (unpaired) electrons. The van der Waals surface area contributed by atoms with Gasteiger partial charge in [-0.1, -0.05) is 60.7 Å². The lowest BCUT2D eigenvalue weighted by atomic mass is 10.0. The Labute approximate surface area is 204 Å². The van der Waals surface area contributed by atoms with Gasteiger partial charge in [-0.15, -0.1) is 0 Å². The van der Waals surface area contributed by atoms with Gasteiger partial charge in [0.25, 0.3) is 5.91 Å². The minimum absolute atomic E-state index is 0.336. The number of carbonyl (C=O) groups is 2. The van der Waals surface area contributed by atoms with Gasteiger partial charge >= 0.3 is 6.09 Å². The van der Waals surface area contributed by atoms with Crippen LogP contribution in [0.2, 0.25) is 0 Å². The smallest absolute Gasteiger partial charge is 0.432 e. The molecule has 0 unspecified atom stereocenters. The number of rotatable bonds is 7. The zero-order valence-electron chi connectivity index (χ0n) is 19.8. The molecular formula is C27H28N2O6. The van der Waals surface area contributed by atoms with Crippen LogP contribution < -0.4 is 9.47 Å². The summed E-state index contributed by atoms with van der Waals surface area (Å²) in [4.78, 5) is 26.8. The number of carbonyl (C=O) groups excluding carboxylic acids is 2. The van der Waals surface area contributed by atoms with E-state index < -0.39 is 30.3 Å². The van der Waals surface area contributed by atoms with E-state index in [0.717, 1.165) is 10.6 Å². The fourth-order valence-corrected chi connectivity index (χ4v) is 3.99. The lowest BCUT2D eigenvalue weighted by molar-refractivity contribution is -0.174. The van der Waals surface area contributed by atoms with Crippen molar-refractivity contribution in [3.05, 3.63) is 96.1 Å². The summed E-state index contributed by atoms with van der Waals surface area (Å²) >= 11 is 0. The van der Waals surface area contributed by atoms with E-state index in [2.05, 4.69) is 0 Å². The second-order valence-corrected chi connectivity index (χ2v) is 8.25. The minimum atomic E-state index is -1.42. The molecule has 0 spiro atoms. The first-order valence-electron chi connectivity index (χ1n) is 11.3. The van der Waals surface area contributed by atoms with Crippen LogP contribution in [0, 0.1) is 0 Å². The van der Waals surface area contributed by atoms with Crippen LogP contribution in [0.4, 0.5) is 4.79 Å². The van der Waals surface area contributed by atoms with E-state index in [1.807, 2.05) is 37.3 Å². The number of likely N-dealkylation sites (N-methyl/N-ethyl adjacent to an activating group) is 1. The number of aliphatic hydroxyl groups excluding tert-OH is 1.